The molecule has 0 fully saturated rings. The molecular weight excluding hydrogens is 346 g/mol. The minimum atomic E-state index is 0.427. The predicted molar refractivity (Wildman–Crippen MR) is 105 cm³/mol. The largest absolute Gasteiger partial charge is 0.494 e. The SMILES string of the molecule is CCCCCOc1ccc(/C=N\n2c(-c3cccnc3)n[nH]c2=S)cc1. The van der Waals surface area contributed by atoms with E-state index >= 15 is 0 Å². The first-order valence-corrected chi connectivity index (χ1v) is 9.04. The Kier molecular flexibility index (Phi) is 6.27. The Balaban J connectivity index is 1.71. The van der Waals surface area contributed by atoms with Crippen molar-refractivity contribution in [3.8, 4) is 17.1 Å². The topological polar surface area (TPSA) is 68.1 Å². The average Bonchev–Trinajstić information content (AvgIpc) is 3.06. The maximum Gasteiger partial charge on any atom is 0.216 e. The van der Waals surface area contributed by atoms with Crippen molar-refractivity contribution in [1.29, 1.82) is 0 Å². The van der Waals surface area contributed by atoms with Gasteiger partial charge in [0.2, 0.25) is 4.77 Å². The van der Waals surface area contributed by atoms with Crippen LogP contribution in [0.15, 0.2) is 53.9 Å². The van der Waals surface area contributed by atoms with E-state index in [4.69, 9.17) is 17.0 Å². The minimum absolute atomic E-state index is 0.427. The van der Waals surface area contributed by atoms with Crippen LogP contribution in [0.1, 0.15) is 31.7 Å². The highest BCUT2D eigenvalue weighted by molar-refractivity contribution is 7.71. The number of pyridine rings is 1. The molecule has 2 aromatic heterocycles. The predicted octanol–water partition coefficient (Wildman–Crippen LogP) is 4.45. The Morgan fingerprint density at radius 2 is 2.08 bits per heavy atom. The van der Waals surface area contributed by atoms with Gasteiger partial charge in [-0.2, -0.15) is 14.9 Å². The number of hydrogen-bond acceptors (Lipinski definition) is 5. The Morgan fingerprint density at radius 1 is 1.23 bits per heavy atom. The van der Waals surface area contributed by atoms with Gasteiger partial charge in [0.05, 0.1) is 12.8 Å². The van der Waals surface area contributed by atoms with E-state index in [0.717, 1.165) is 29.9 Å². The maximum absolute atomic E-state index is 5.72. The molecule has 2 heterocycles. The van der Waals surface area contributed by atoms with Gasteiger partial charge in [-0.3, -0.25) is 4.98 Å². The number of H-pyrrole nitrogens is 1. The molecule has 0 saturated carbocycles. The van der Waals surface area contributed by atoms with E-state index in [-0.39, 0.29) is 0 Å². The zero-order chi connectivity index (χ0) is 18.2. The van der Waals surface area contributed by atoms with Gasteiger partial charge in [-0.15, -0.1) is 0 Å². The normalized spacial score (nSPS) is 11.1. The van der Waals surface area contributed by atoms with E-state index in [1.54, 1.807) is 23.3 Å². The number of unbranched alkanes of at least 4 members (excludes halogenated alkanes) is 2. The number of ether oxygens (including phenoxy) is 1. The van der Waals surface area contributed by atoms with Crippen LogP contribution in [-0.2, 0) is 0 Å². The molecule has 0 bridgehead atoms. The van der Waals surface area contributed by atoms with Gasteiger partial charge in [-0.05, 0) is 60.6 Å². The molecule has 1 aromatic carbocycles. The van der Waals surface area contributed by atoms with Gasteiger partial charge >= 0.3 is 0 Å². The zero-order valence-electron chi connectivity index (χ0n) is 14.6. The highest BCUT2D eigenvalue weighted by Gasteiger charge is 2.07. The summed E-state index contributed by atoms with van der Waals surface area (Å²) in [6, 6.07) is 11.6. The van der Waals surface area contributed by atoms with Gasteiger partial charge < -0.3 is 4.74 Å². The second-order valence-electron chi connectivity index (χ2n) is 5.78. The molecule has 6 nitrogen and oxygen atoms in total. The Labute approximate surface area is 157 Å². The molecule has 0 atom stereocenters. The van der Waals surface area contributed by atoms with E-state index in [9.17, 15) is 0 Å². The second-order valence-corrected chi connectivity index (χ2v) is 6.16. The summed E-state index contributed by atoms with van der Waals surface area (Å²) >= 11 is 5.27. The van der Waals surface area contributed by atoms with Crippen molar-refractivity contribution >= 4 is 18.4 Å². The highest BCUT2D eigenvalue weighted by atomic mass is 32.1. The van der Waals surface area contributed by atoms with Crippen LogP contribution in [0.4, 0.5) is 0 Å². The van der Waals surface area contributed by atoms with Gasteiger partial charge in [-0.1, -0.05) is 19.8 Å². The average molecular weight is 367 g/mol. The first-order chi connectivity index (χ1) is 12.8. The molecule has 134 valence electrons. The molecule has 0 aliphatic rings. The molecule has 0 spiro atoms. The summed E-state index contributed by atoms with van der Waals surface area (Å²) in [4.78, 5) is 4.11. The van der Waals surface area contributed by atoms with Gasteiger partial charge in [0, 0.05) is 18.0 Å². The van der Waals surface area contributed by atoms with Crippen molar-refractivity contribution < 1.29 is 4.74 Å². The van der Waals surface area contributed by atoms with Crippen LogP contribution in [-0.4, -0.2) is 32.7 Å². The molecule has 26 heavy (non-hydrogen) atoms. The van der Waals surface area contributed by atoms with Crippen LogP contribution in [0.5, 0.6) is 5.75 Å². The number of hydrogen-bond donors (Lipinski definition) is 1. The van der Waals surface area contributed by atoms with Crippen LogP contribution in [0.3, 0.4) is 0 Å². The number of aromatic amines is 1. The van der Waals surface area contributed by atoms with Gasteiger partial charge in [0.15, 0.2) is 5.82 Å². The number of benzene rings is 1. The smallest absolute Gasteiger partial charge is 0.216 e. The quantitative estimate of drug-likeness (QED) is 0.363. The van der Waals surface area contributed by atoms with Crippen molar-refractivity contribution in [3.63, 3.8) is 0 Å². The third-order valence-corrected chi connectivity index (χ3v) is 4.05. The molecular formula is C19H21N5OS. The van der Waals surface area contributed by atoms with Crippen LogP contribution in [0, 0.1) is 4.77 Å². The Bertz CT molecular complexity index is 900. The summed E-state index contributed by atoms with van der Waals surface area (Å²) in [5, 5.41) is 11.5. The van der Waals surface area contributed by atoms with E-state index in [1.165, 1.54) is 12.8 Å². The molecule has 0 unspecified atom stereocenters. The second kappa shape index (κ2) is 9.05. The summed E-state index contributed by atoms with van der Waals surface area (Å²) in [5.74, 6) is 1.49. The summed E-state index contributed by atoms with van der Waals surface area (Å²) in [6.45, 7) is 2.93. The first kappa shape index (κ1) is 18.0. The third kappa shape index (κ3) is 4.64. The Morgan fingerprint density at radius 3 is 2.81 bits per heavy atom. The monoisotopic (exact) mass is 367 g/mol. The fourth-order valence-corrected chi connectivity index (χ4v) is 2.58. The standard InChI is InChI=1S/C19H21N5OS/c1-2-3-4-12-25-17-9-7-15(8-10-17)13-21-24-18(22-23-19(24)26)16-6-5-11-20-14-16/h5-11,13-14H,2-4,12H2,1H3,(H,23,26)/b21-13-. The van der Waals surface area contributed by atoms with Gasteiger partial charge in [0.1, 0.15) is 5.75 Å². The summed E-state index contributed by atoms with van der Waals surface area (Å²) in [5.41, 5.74) is 1.79. The lowest BCUT2D eigenvalue weighted by Crippen LogP contribution is -1.97. The lowest BCUT2D eigenvalue weighted by Gasteiger charge is -2.05. The van der Waals surface area contributed by atoms with E-state index in [0.29, 0.717) is 10.6 Å². The molecule has 0 saturated heterocycles. The molecule has 0 aliphatic heterocycles. The van der Waals surface area contributed by atoms with Gasteiger partial charge in [0.25, 0.3) is 0 Å². The molecule has 0 aliphatic carbocycles. The fraction of sp³-hybridized carbons (Fsp3) is 0.263. The summed E-state index contributed by atoms with van der Waals surface area (Å²) in [7, 11) is 0. The van der Waals surface area contributed by atoms with Gasteiger partial charge in [-0.25, -0.2) is 5.10 Å². The molecule has 7 heteroatoms. The first-order valence-electron chi connectivity index (χ1n) is 8.63. The number of nitrogens with zero attached hydrogens (tertiary/aromatic N) is 4. The van der Waals surface area contributed by atoms with Crippen molar-refractivity contribution in [3.05, 3.63) is 59.1 Å². The van der Waals surface area contributed by atoms with E-state index < -0.39 is 0 Å². The van der Waals surface area contributed by atoms with Crippen molar-refractivity contribution in [1.82, 2.24) is 19.9 Å². The van der Waals surface area contributed by atoms with Crippen molar-refractivity contribution in [2.45, 2.75) is 26.2 Å². The number of nitrogens with one attached hydrogen (secondary N) is 1. The van der Waals surface area contributed by atoms with Crippen molar-refractivity contribution in [2.24, 2.45) is 5.10 Å². The highest BCUT2D eigenvalue weighted by Crippen LogP contribution is 2.16. The molecule has 3 aromatic rings. The lowest BCUT2D eigenvalue weighted by atomic mass is 10.2. The molecule has 0 radical (unpaired) electrons. The Hall–Kier alpha value is -2.80. The minimum Gasteiger partial charge on any atom is -0.494 e. The van der Waals surface area contributed by atoms with Crippen LogP contribution in [0.2, 0.25) is 0 Å². The maximum atomic E-state index is 5.72. The van der Waals surface area contributed by atoms with Crippen LogP contribution >= 0.6 is 12.2 Å². The van der Waals surface area contributed by atoms with Crippen LogP contribution in [0.25, 0.3) is 11.4 Å². The zero-order valence-corrected chi connectivity index (χ0v) is 15.4. The molecule has 0 amide bonds. The molecule has 3 rings (SSSR count). The number of aromatic nitrogens is 4. The third-order valence-electron chi connectivity index (χ3n) is 3.79. The lowest BCUT2D eigenvalue weighted by molar-refractivity contribution is 0.306. The molecule has 1 N–H and O–H groups in total. The van der Waals surface area contributed by atoms with E-state index in [2.05, 4.69) is 27.2 Å². The number of rotatable bonds is 8. The fourth-order valence-electron chi connectivity index (χ4n) is 2.40. The summed E-state index contributed by atoms with van der Waals surface area (Å²) in [6.07, 6.45) is 8.64. The summed E-state index contributed by atoms with van der Waals surface area (Å²) < 4.78 is 7.73. The van der Waals surface area contributed by atoms with Crippen LogP contribution < -0.4 is 4.74 Å². The van der Waals surface area contributed by atoms with Crippen molar-refractivity contribution in [2.75, 3.05) is 6.61 Å². The van der Waals surface area contributed by atoms with E-state index in [1.807, 2.05) is 36.4 Å².